The smallest absolute Gasteiger partial charge is 0.137 e. The molecule has 1 aliphatic rings. The first-order chi connectivity index (χ1) is 15.2. The maximum atomic E-state index is 6.21. The summed E-state index contributed by atoms with van der Waals surface area (Å²) in [5.74, 6) is 1.32. The van der Waals surface area contributed by atoms with Crippen LogP contribution in [0.2, 0.25) is 5.02 Å². The first-order valence-corrected chi connectivity index (χ1v) is 11.0. The van der Waals surface area contributed by atoms with Crippen molar-refractivity contribution < 1.29 is 4.74 Å². The largest absolute Gasteiger partial charge is 0.497 e. The lowest BCUT2D eigenvalue weighted by Gasteiger charge is -2.32. The van der Waals surface area contributed by atoms with Crippen LogP contribution in [-0.4, -0.2) is 39.5 Å². The van der Waals surface area contributed by atoms with Gasteiger partial charge in [-0.05, 0) is 61.3 Å². The fourth-order valence-corrected chi connectivity index (χ4v) is 4.56. The highest BCUT2D eigenvalue weighted by atomic mass is 35.5. The Morgan fingerprint density at radius 2 is 1.97 bits per heavy atom. The minimum Gasteiger partial charge on any atom is -0.497 e. The van der Waals surface area contributed by atoms with E-state index in [1.54, 1.807) is 7.11 Å². The lowest BCUT2D eigenvalue weighted by Crippen LogP contribution is -2.34. The molecule has 1 aliphatic heterocycles. The zero-order valence-electron chi connectivity index (χ0n) is 17.5. The Morgan fingerprint density at radius 3 is 2.81 bits per heavy atom. The second kappa shape index (κ2) is 8.69. The number of methoxy groups -OCH3 is 1. The van der Waals surface area contributed by atoms with Crippen LogP contribution in [0.3, 0.4) is 0 Å². The van der Waals surface area contributed by atoms with Crippen molar-refractivity contribution >= 4 is 17.2 Å². The number of hydrogen-bond donors (Lipinski definition) is 0. The molecular weight excluding hydrogens is 408 g/mol. The predicted octanol–water partition coefficient (Wildman–Crippen LogP) is 5.44. The zero-order valence-corrected chi connectivity index (χ0v) is 18.3. The third-order valence-electron chi connectivity index (χ3n) is 5.99. The van der Waals surface area contributed by atoms with E-state index in [9.17, 15) is 0 Å². The van der Waals surface area contributed by atoms with Gasteiger partial charge >= 0.3 is 0 Å². The molecule has 4 aromatic rings. The van der Waals surface area contributed by atoms with E-state index in [0.717, 1.165) is 54.5 Å². The maximum absolute atomic E-state index is 6.21. The van der Waals surface area contributed by atoms with Crippen LogP contribution in [0.4, 0.5) is 0 Å². The second-order valence-corrected chi connectivity index (χ2v) is 8.53. The summed E-state index contributed by atoms with van der Waals surface area (Å²) >= 11 is 6.21. The SMILES string of the molecule is COc1ccc(CN2CCC[C@H](c3cccc(-c4cnc5ccc(Cl)cn45)n3)C2)cc1. The fourth-order valence-electron chi connectivity index (χ4n) is 4.40. The van der Waals surface area contributed by atoms with Gasteiger partial charge in [-0.2, -0.15) is 0 Å². The third kappa shape index (κ3) is 4.29. The van der Waals surface area contributed by atoms with Crippen molar-refractivity contribution in [1.29, 1.82) is 0 Å². The van der Waals surface area contributed by atoms with Crippen LogP contribution in [0, 0.1) is 0 Å². The topological polar surface area (TPSA) is 42.7 Å². The quantitative estimate of drug-likeness (QED) is 0.421. The van der Waals surface area contributed by atoms with E-state index in [4.69, 9.17) is 21.3 Å². The van der Waals surface area contributed by atoms with Crippen LogP contribution in [0.25, 0.3) is 17.0 Å². The summed E-state index contributed by atoms with van der Waals surface area (Å²) in [5, 5.41) is 0.685. The molecule has 1 atom stereocenters. The van der Waals surface area contributed by atoms with Gasteiger partial charge in [0.15, 0.2) is 0 Å². The number of hydrogen-bond acceptors (Lipinski definition) is 4. The molecule has 1 saturated heterocycles. The highest BCUT2D eigenvalue weighted by Crippen LogP contribution is 2.29. The zero-order chi connectivity index (χ0) is 21.2. The molecule has 31 heavy (non-hydrogen) atoms. The van der Waals surface area contributed by atoms with E-state index in [-0.39, 0.29) is 0 Å². The van der Waals surface area contributed by atoms with E-state index in [1.165, 1.54) is 12.0 Å². The van der Waals surface area contributed by atoms with Crippen LogP contribution in [0.15, 0.2) is 67.0 Å². The summed E-state index contributed by atoms with van der Waals surface area (Å²) in [6, 6.07) is 18.4. The van der Waals surface area contributed by atoms with E-state index >= 15 is 0 Å². The van der Waals surface area contributed by atoms with Gasteiger partial charge in [-0.15, -0.1) is 0 Å². The van der Waals surface area contributed by atoms with Crippen molar-refractivity contribution in [2.45, 2.75) is 25.3 Å². The van der Waals surface area contributed by atoms with Gasteiger partial charge < -0.3 is 4.74 Å². The molecule has 3 aromatic heterocycles. The third-order valence-corrected chi connectivity index (χ3v) is 6.22. The number of likely N-dealkylation sites (tertiary alicyclic amines) is 1. The number of halogens is 1. The van der Waals surface area contributed by atoms with Gasteiger partial charge in [0.25, 0.3) is 0 Å². The minimum atomic E-state index is 0.426. The van der Waals surface area contributed by atoms with Crippen LogP contribution in [0.1, 0.15) is 30.0 Å². The molecule has 0 saturated carbocycles. The average Bonchev–Trinajstić information content (AvgIpc) is 3.23. The fraction of sp³-hybridized carbons (Fsp3) is 0.280. The van der Waals surface area contributed by atoms with E-state index in [0.29, 0.717) is 10.9 Å². The summed E-state index contributed by atoms with van der Waals surface area (Å²) in [6.07, 6.45) is 6.10. The predicted molar refractivity (Wildman–Crippen MR) is 124 cm³/mol. The molecule has 158 valence electrons. The Hall–Kier alpha value is -2.89. The van der Waals surface area contributed by atoms with Gasteiger partial charge in [-0.25, -0.2) is 4.98 Å². The molecule has 6 heteroatoms. The molecule has 0 spiro atoms. The normalized spacial score (nSPS) is 17.2. The van der Waals surface area contributed by atoms with Crippen molar-refractivity contribution in [2.75, 3.05) is 20.2 Å². The summed E-state index contributed by atoms with van der Waals surface area (Å²) in [6.45, 7) is 3.08. The van der Waals surface area contributed by atoms with Crippen molar-refractivity contribution in [3.8, 4) is 17.1 Å². The lowest BCUT2D eigenvalue weighted by atomic mass is 9.93. The molecule has 5 rings (SSSR count). The summed E-state index contributed by atoms with van der Waals surface area (Å²) < 4.78 is 7.28. The Balaban J connectivity index is 1.35. The molecule has 0 bridgehead atoms. The van der Waals surface area contributed by atoms with Crippen molar-refractivity contribution in [2.24, 2.45) is 0 Å². The molecular formula is C25H25ClN4O. The monoisotopic (exact) mass is 432 g/mol. The van der Waals surface area contributed by atoms with Gasteiger partial charge in [0, 0.05) is 30.9 Å². The number of pyridine rings is 2. The second-order valence-electron chi connectivity index (χ2n) is 8.09. The number of rotatable bonds is 5. The Morgan fingerprint density at radius 1 is 1.10 bits per heavy atom. The Bertz CT molecular complexity index is 1190. The van der Waals surface area contributed by atoms with Crippen molar-refractivity contribution in [3.05, 3.63) is 83.3 Å². The van der Waals surface area contributed by atoms with E-state index < -0.39 is 0 Å². The van der Waals surface area contributed by atoms with Gasteiger partial charge in [-0.1, -0.05) is 29.8 Å². The highest BCUT2D eigenvalue weighted by Gasteiger charge is 2.23. The lowest BCUT2D eigenvalue weighted by molar-refractivity contribution is 0.198. The maximum Gasteiger partial charge on any atom is 0.137 e. The molecule has 5 nitrogen and oxygen atoms in total. The summed E-state index contributed by atoms with van der Waals surface area (Å²) in [4.78, 5) is 12.1. The van der Waals surface area contributed by atoms with E-state index in [2.05, 4.69) is 34.1 Å². The standard InChI is InChI=1S/C25H25ClN4O/c1-31-21-10-7-18(8-11-21)15-29-13-3-4-19(16-29)22-5-2-6-23(28-22)24-14-27-25-12-9-20(26)17-30(24)25/h2,5-12,14,17,19H,3-4,13,15-16H2,1H3/t19-/m0/s1. The first kappa shape index (κ1) is 20.0. The minimum absolute atomic E-state index is 0.426. The Labute approximate surface area is 187 Å². The molecule has 0 amide bonds. The number of aromatic nitrogens is 3. The number of ether oxygens (including phenoxy) is 1. The number of fused-ring (bicyclic) bond motifs is 1. The number of benzene rings is 1. The molecule has 1 aromatic carbocycles. The molecule has 4 heterocycles. The van der Waals surface area contributed by atoms with Crippen LogP contribution < -0.4 is 4.74 Å². The van der Waals surface area contributed by atoms with E-state index in [1.807, 2.05) is 47.1 Å². The number of nitrogens with zero attached hydrogens (tertiary/aromatic N) is 4. The van der Waals surface area contributed by atoms with Crippen LogP contribution >= 0.6 is 11.6 Å². The van der Waals surface area contributed by atoms with Gasteiger partial charge in [-0.3, -0.25) is 14.3 Å². The number of piperidine rings is 1. The molecule has 0 unspecified atom stereocenters. The average molecular weight is 433 g/mol. The van der Waals surface area contributed by atoms with Crippen LogP contribution in [-0.2, 0) is 6.54 Å². The Kier molecular flexibility index (Phi) is 5.62. The molecule has 0 N–H and O–H groups in total. The molecule has 1 fully saturated rings. The van der Waals surface area contributed by atoms with Crippen molar-refractivity contribution in [1.82, 2.24) is 19.3 Å². The van der Waals surface area contributed by atoms with Crippen molar-refractivity contribution in [3.63, 3.8) is 0 Å². The highest BCUT2D eigenvalue weighted by molar-refractivity contribution is 6.30. The number of imidazole rings is 1. The molecule has 0 radical (unpaired) electrons. The van der Waals surface area contributed by atoms with Gasteiger partial charge in [0.05, 0.1) is 29.7 Å². The molecule has 0 aliphatic carbocycles. The summed E-state index contributed by atoms with van der Waals surface area (Å²) in [7, 11) is 1.70. The summed E-state index contributed by atoms with van der Waals surface area (Å²) in [5.41, 5.74) is 5.22. The van der Waals surface area contributed by atoms with Gasteiger partial charge in [0.1, 0.15) is 11.4 Å². The van der Waals surface area contributed by atoms with Gasteiger partial charge in [0.2, 0.25) is 0 Å². The van der Waals surface area contributed by atoms with Crippen LogP contribution in [0.5, 0.6) is 5.75 Å². The first-order valence-electron chi connectivity index (χ1n) is 10.6.